The Hall–Kier alpha value is -2.95. The van der Waals surface area contributed by atoms with Crippen LogP contribution in [0.25, 0.3) is 0 Å². The zero-order valence-electron chi connectivity index (χ0n) is 16.3. The first-order chi connectivity index (χ1) is 14.3. The number of urea groups is 1. The van der Waals surface area contributed by atoms with E-state index in [0.29, 0.717) is 16.6 Å². The number of ether oxygens (including phenoxy) is 2. The van der Waals surface area contributed by atoms with Crippen molar-refractivity contribution >= 4 is 33.9 Å². The average Bonchev–Trinajstić information content (AvgIpc) is 3.21. The summed E-state index contributed by atoms with van der Waals surface area (Å²) in [6, 6.07) is 1.83. The topological polar surface area (TPSA) is 114 Å². The first-order valence-electron chi connectivity index (χ1n) is 9.04. The van der Waals surface area contributed by atoms with Crippen molar-refractivity contribution < 1.29 is 28.2 Å². The van der Waals surface area contributed by atoms with Crippen LogP contribution in [0.1, 0.15) is 29.4 Å². The lowest BCUT2D eigenvalue weighted by atomic mass is 9.95. The molecule has 0 radical (unpaired) electrons. The summed E-state index contributed by atoms with van der Waals surface area (Å²) in [7, 11) is 2.32. The van der Waals surface area contributed by atoms with Gasteiger partial charge in [0, 0.05) is 28.7 Å². The molecule has 0 saturated heterocycles. The molecule has 1 aromatic carbocycles. The van der Waals surface area contributed by atoms with Gasteiger partial charge in [-0.25, -0.2) is 19.0 Å². The van der Waals surface area contributed by atoms with Gasteiger partial charge in [0.05, 0.1) is 32.7 Å². The summed E-state index contributed by atoms with van der Waals surface area (Å²) in [5, 5.41) is 2.50. The van der Waals surface area contributed by atoms with Crippen LogP contribution in [0, 0.1) is 5.82 Å². The number of hydrogen-bond acceptors (Lipinski definition) is 6. The summed E-state index contributed by atoms with van der Waals surface area (Å²) in [6.45, 7) is 0.243. The minimum absolute atomic E-state index is 0.243. The van der Waals surface area contributed by atoms with Crippen LogP contribution in [-0.4, -0.2) is 59.6 Å². The van der Waals surface area contributed by atoms with Gasteiger partial charge in [-0.1, -0.05) is 22.0 Å². The molecule has 9 nitrogen and oxygen atoms in total. The van der Waals surface area contributed by atoms with Crippen LogP contribution in [0.3, 0.4) is 0 Å². The maximum absolute atomic E-state index is 14.8. The van der Waals surface area contributed by atoms with Gasteiger partial charge in [0.1, 0.15) is 17.9 Å². The highest BCUT2D eigenvalue weighted by molar-refractivity contribution is 9.10. The average molecular weight is 483 g/mol. The van der Waals surface area contributed by atoms with Crippen molar-refractivity contribution in [3.8, 4) is 0 Å². The molecule has 1 aliphatic heterocycles. The van der Waals surface area contributed by atoms with Gasteiger partial charge in [-0.2, -0.15) is 0 Å². The van der Waals surface area contributed by atoms with E-state index in [1.807, 2.05) is 0 Å². The van der Waals surface area contributed by atoms with Crippen LogP contribution in [0.2, 0.25) is 0 Å². The Bertz CT molecular complexity index is 966. The van der Waals surface area contributed by atoms with E-state index >= 15 is 0 Å². The van der Waals surface area contributed by atoms with Crippen molar-refractivity contribution in [3.63, 3.8) is 0 Å². The Balaban J connectivity index is 1.93. The van der Waals surface area contributed by atoms with E-state index in [1.54, 1.807) is 12.1 Å². The number of H-pyrrole nitrogens is 1. The Morgan fingerprint density at radius 2 is 2.13 bits per heavy atom. The number of imidazole rings is 1. The Labute approximate surface area is 180 Å². The van der Waals surface area contributed by atoms with E-state index < -0.39 is 42.3 Å². The third-order valence-corrected chi connectivity index (χ3v) is 5.32. The number of carbonyl (C=O) groups excluding carboxylic acids is 3. The Kier molecular flexibility index (Phi) is 6.70. The number of nitrogens with one attached hydrogen (secondary N) is 2. The number of methoxy groups -OCH3 is 2. The molecule has 2 amide bonds. The summed E-state index contributed by atoms with van der Waals surface area (Å²) in [5.41, 5.74) is 1.56. The number of aromatic amines is 1. The molecular formula is C19H20BrFN4O5. The largest absolute Gasteiger partial charge is 0.469 e. The van der Waals surface area contributed by atoms with E-state index in [9.17, 15) is 18.8 Å². The molecule has 0 saturated carbocycles. The van der Waals surface area contributed by atoms with Gasteiger partial charge < -0.3 is 24.7 Å². The van der Waals surface area contributed by atoms with Crippen molar-refractivity contribution in [2.75, 3.05) is 20.8 Å². The number of rotatable bonds is 5. The van der Waals surface area contributed by atoms with Gasteiger partial charge in [0.25, 0.3) is 0 Å². The zero-order chi connectivity index (χ0) is 21.8. The maximum Gasteiger partial charge on any atom is 0.329 e. The minimum atomic E-state index is -1.24. The summed E-state index contributed by atoms with van der Waals surface area (Å²) in [4.78, 5) is 45.4. The molecule has 0 unspecified atom stereocenters. The fourth-order valence-corrected chi connectivity index (χ4v) is 3.68. The summed E-state index contributed by atoms with van der Waals surface area (Å²) >= 11 is 3.22. The number of nitrogens with zero attached hydrogens (tertiary/aromatic N) is 2. The maximum atomic E-state index is 14.8. The Morgan fingerprint density at radius 3 is 2.80 bits per heavy atom. The highest BCUT2D eigenvalue weighted by Gasteiger charge is 2.37. The number of hydrogen-bond donors (Lipinski definition) is 2. The smallest absolute Gasteiger partial charge is 0.329 e. The van der Waals surface area contributed by atoms with Gasteiger partial charge in [-0.15, -0.1) is 0 Å². The number of fused-ring (bicyclic) bond motifs is 1. The second-order valence-corrected chi connectivity index (χ2v) is 7.50. The highest BCUT2D eigenvalue weighted by Crippen LogP contribution is 2.35. The lowest BCUT2D eigenvalue weighted by Gasteiger charge is -2.36. The molecule has 0 bridgehead atoms. The monoisotopic (exact) mass is 482 g/mol. The van der Waals surface area contributed by atoms with Crippen LogP contribution in [0.15, 0.2) is 29.0 Å². The molecule has 1 aliphatic rings. The number of aromatic nitrogens is 2. The van der Waals surface area contributed by atoms with Crippen LogP contribution >= 0.6 is 15.9 Å². The molecule has 3 rings (SSSR count). The first-order valence-corrected chi connectivity index (χ1v) is 9.83. The van der Waals surface area contributed by atoms with Crippen LogP contribution in [0.4, 0.5) is 9.18 Å². The van der Waals surface area contributed by atoms with Crippen molar-refractivity contribution in [3.05, 3.63) is 51.8 Å². The molecule has 2 N–H and O–H groups in total. The van der Waals surface area contributed by atoms with Gasteiger partial charge in [0.15, 0.2) is 0 Å². The van der Waals surface area contributed by atoms with E-state index in [2.05, 4.69) is 40.7 Å². The molecule has 0 spiro atoms. The normalized spacial score (nSPS) is 16.4. The highest BCUT2D eigenvalue weighted by atomic mass is 79.9. The van der Waals surface area contributed by atoms with Crippen molar-refractivity contribution in [1.29, 1.82) is 0 Å². The van der Waals surface area contributed by atoms with Gasteiger partial charge >= 0.3 is 18.0 Å². The molecule has 30 heavy (non-hydrogen) atoms. The van der Waals surface area contributed by atoms with Gasteiger partial charge in [-0.3, -0.25) is 4.79 Å². The molecule has 1 aromatic heterocycles. The first kappa shape index (κ1) is 21.8. The summed E-state index contributed by atoms with van der Waals surface area (Å²) in [6.07, 6.45) is 1.56. The van der Waals surface area contributed by atoms with Crippen molar-refractivity contribution in [2.24, 2.45) is 0 Å². The molecule has 0 fully saturated rings. The standard InChI is InChI=1S/C19H20BrFN4O5/c1-29-15(26)8-14(18(27)30-2)24-19(28)25-6-5-13-16(23-9-22-13)17(25)11-4-3-10(20)7-12(11)21/h3-4,7,9,14,17H,5-6,8H2,1-2H3,(H,22,23)(H,24,28)/t14-,17-/m1/s1. The molecule has 2 atom stereocenters. The Morgan fingerprint density at radius 1 is 1.37 bits per heavy atom. The van der Waals surface area contributed by atoms with Crippen molar-refractivity contribution in [2.45, 2.75) is 24.9 Å². The molecular weight excluding hydrogens is 463 g/mol. The van der Waals surface area contributed by atoms with E-state index in [-0.39, 0.29) is 12.1 Å². The third kappa shape index (κ3) is 4.45. The molecule has 160 valence electrons. The fraction of sp³-hybridized carbons (Fsp3) is 0.368. The van der Waals surface area contributed by atoms with Crippen LogP contribution < -0.4 is 5.32 Å². The van der Waals surface area contributed by atoms with Crippen LogP contribution in [0.5, 0.6) is 0 Å². The van der Waals surface area contributed by atoms with E-state index in [0.717, 1.165) is 12.8 Å². The minimum Gasteiger partial charge on any atom is -0.469 e. The number of esters is 2. The van der Waals surface area contributed by atoms with Crippen LogP contribution in [-0.2, 0) is 25.5 Å². The second kappa shape index (κ2) is 9.24. The van der Waals surface area contributed by atoms with Gasteiger partial charge in [0.2, 0.25) is 0 Å². The summed E-state index contributed by atoms with van der Waals surface area (Å²) < 4.78 is 24.6. The number of carbonyl (C=O) groups is 3. The lowest BCUT2D eigenvalue weighted by Crippen LogP contribution is -2.52. The van der Waals surface area contributed by atoms with E-state index in [4.69, 9.17) is 0 Å². The number of halogens is 2. The quantitative estimate of drug-likeness (QED) is 0.630. The third-order valence-electron chi connectivity index (χ3n) is 4.82. The van der Waals surface area contributed by atoms with Gasteiger partial charge in [-0.05, 0) is 12.1 Å². The second-order valence-electron chi connectivity index (χ2n) is 6.58. The van der Waals surface area contributed by atoms with E-state index in [1.165, 1.54) is 24.4 Å². The van der Waals surface area contributed by atoms with Crippen molar-refractivity contribution in [1.82, 2.24) is 20.2 Å². The molecule has 11 heteroatoms. The zero-order valence-corrected chi connectivity index (χ0v) is 17.9. The predicted octanol–water partition coefficient (Wildman–Crippen LogP) is 2.07. The number of benzene rings is 1. The molecule has 2 heterocycles. The number of amides is 2. The fourth-order valence-electron chi connectivity index (χ4n) is 3.35. The SMILES string of the molecule is COC(=O)C[C@@H](NC(=O)N1CCc2[nH]cnc2[C@H]1c1ccc(Br)cc1F)C(=O)OC. The molecule has 2 aromatic rings. The lowest BCUT2D eigenvalue weighted by molar-refractivity contribution is -0.149. The predicted molar refractivity (Wildman–Crippen MR) is 106 cm³/mol. The summed E-state index contributed by atoms with van der Waals surface area (Å²) in [5.74, 6) is -1.99. The molecule has 0 aliphatic carbocycles.